The van der Waals surface area contributed by atoms with E-state index >= 15 is 0 Å². The van der Waals surface area contributed by atoms with Crippen LogP contribution in [0.25, 0.3) is 49.0 Å². The minimum Gasteiger partial charge on any atom is -0.311 e. The number of para-hydroxylation sites is 1. The van der Waals surface area contributed by atoms with Crippen LogP contribution in [-0.2, 0) is 5.41 Å². The van der Waals surface area contributed by atoms with E-state index in [0.29, 0.717) is 0 Å². The predicted molar refractivity (Wildman–Crippen MR) is 204 cm³/mol. The lowest BCUT2D eigenvalue weighted by molar-refractivity contribution is 0.590. The first-order chi connectivity index (χ1) is 23.0. The van der Waals surface area contributed by atoms with Gasteiger partial charge in [0.2, 0.25) is 0 Å². The third-order valence-electron chi connectivity index (χ3n) is 9.61. The molecule has 0 bridgehead atoms. The zero-order valence-corrected chi connectivity index (χ0v) is 27.4. The smallest absolute Gasteiger partial charge is 0.0462 e. The van der Waals surface area contributed by atoms with Crippen molar-refractivity contribution in [2.24, 2.45) is 0 Å². The van der Waals surface area contributed by atoms with Gasteiger partial charge in [-0.15, -0.1) is 0 Å². The molecule has 228 valence electrons. The Morgan fingerprint density at radius 2 is 1.04 bits per heavy atom. The fourth-order valence-corrected chi connectivity index (χ4v) is 7.20. The summed E-state index contributed by atoms with van der Waals surface area (Å²) < 4.78 is 0. The van der Waals surface area contributed by atoms with E-state index in [1.54, 1.807) is 0 Å². The Morgan fingerprint density at radius 3 is 1.64 bits per heavy atom. The average molecular weight is 606 g/mol. The summed E-state index contributed by atoms with van der Waals surface area (Å²) in [6.07, 6.45) is 9.20. The summed E-state index contributed by atoms with van der Waals surface area (Å²) in [4.78, 5) is 2.35. The van der Waals surface area contributed by atoms with Crippen LogP contribution >= 0.6 is 0 Å². The van der Waals surface area contributed by atoms with E-state index in [1.807, 2.05) is 0 Å². The van der Waals surface area contributed by atoms with Crippen molar-refractivity contribution in [3.63, 3.8) is 0 Å². The molecule has 7 aromatic carbocycles. The monoisotopic (exact) mass is 605 g/mol. The average Bonchev–Trinajstić information content (AvgIpc) is 3.12. The topological polar surface area (TPSA) is 3.24 Å². The molecule has 0 unspecified atom stereocenters. The molecule has 1 aliphatic carbocycles. The molecular weight excluding hydrogens is 567 g/mol. The summed E-state index contributed by atoms with van der Waals surface area (Å²) in [7, 11) is 0. The van der Waals surface area contributed by atoms with Gasteiger partial charge in [0.15, 0.2) is 0 Å². The lowest BCUT2D eigenvalue weighted by Crippen LogP contribution is -2.13. The molecule has 0 amide bonds. The predicted octanol–water partition coefficient (Wildman–Crippen LogP) is 13.3. The highest BCUT2D eigenvalue weighted by Crippen LogP contribution is 2.42. The largest absolute Gasteiger partial charge is 0.311 e. The number of hydrogen-bond donors (Lipinski definition) is 0. The van der Waals surface area contributed by atoms with Gasteiger partial charge >= 0.3 is 0 Å². The van der Waals surface area contributed by atoms with Gasteiger partial charge in [0, 0.05) is 17.1 Å². The maximum Gasteiger partial charge on any atom is 0.0462 e. The third kappa shape index (κ3) is 5.32. The molecule has 0 saturated carbocycles. The van der Waals surface area contributed by atoms with Gasteiger partial charge in [0.25, 0.3) is 0 Å². The normalized spacial score (nSPS) is 13.3. The van der Waals surface area contributed by atoms with Crippen LogP contribution in [0, 0.1) is 0 Å². The van der Waals surface area contributed by atoms with Crippen molar-refractivity contribution in [3.05, 3.63) is 169 Å². The quantitative estimate of drug-likeness (QED) is 0.176. The molecule has 8 rings (SSSR count). The first kappa shape index (κ1) is 29.0. The highest BCUT2D eigenvalue weighted by atomic mass is 15.1. The SMILES string of the molecule is CC(C)(C)c1ccc(N(c2ccccc2)c2ccc(-c3cc4cc(C5=CCCC=C5)c5ccccc5c4c4ccccc34)cc2)cc1. The Bertz CT molecular complexity index is 2300. The summed E-state index contributed by atoms with van der Waals surface area (Å²) in [5.41, 5.74) is 9.99. The van der Waals surface area contributed by atoms with Crippen LogP contribution < -0.4 is 4.90 Å². The highest BCUT2D eigenvalue weighted by Gasteiger charge is 2.18. The van der Waals surface area contributed by atoms with E-state index in [9.17, 15) is 0 Å². The molecule has 0 aromatic heterocycles. The van der Waals surface area contributed by atoms with E-state index in [-0.39, 0.29) is 5.41 Å². The number of fused-ring (bicyclic) bond motifs is 5. The minimum absolute atomic E-state index is 0.109. The fraction of sp³-hybridized carbons (Fsp3) is 0.130. The molecule has 7 aromatic rings. The van der Waals surface area contributed by atoms with Crippen molar-refractivity contribution in [3.8, 4) is 11.1 Å². The second-order valence-corrected chi connectivity index (χ2v) is 13.7. The first-order valence-electron chi connectivity index (χ1n) is 16.8. The van der Waals surface area contributed by atoms with Crippen LogP contribution in [0.1, 0.15) is 44.7 Å². The Morgan fingerprint density at radius 1 is 0.511 bits per heavy atom. The molecule has 47 heavy (non-hydrogen) atoms. The summed E-state index contributed by atoms with van der Waals surface area (Å²) >= 11 is 0. The standard InChI is InChI=1S/C46H39N/c1-46(2,3)35-24-28-38(29-25-35)47(36-16-8-5-9-17-36)37-26-22-33(23-27-37)44-31-34-30-43(32-14-6-4-7-15-32)39-18-10-12-20-41(39)45(34)42-21-13-11-19-40(42)44/h5-6,8-31H,4,7H2,1-3H3. The van der Waals surface area contributed by atoms with Gasteiger partial charge in [-0.2, -0.15) is 0 Å². The maximum absolute atomic E-state index is 2.42. The van der Waals surface area contributed by atoms with Crippen molar-refractivity contribution in [2.45, 2.75) is 39.0 Å². The Hall–Kier alpha value is -5.40. The summed E-state index contributed by atoms with van der Waals surface area (Å²) in [5.74, 6) is 0. The van der Waals surface area contributed by atoms with Crippen molar-refractivity contribution in [1.82, 2.24) is 0 Å². The molecule has 1 aliphatic rings. The van der Waals surface area contributed by atoms with Crippen LogP contribution in [0.15, 0.2) is 158 Å². The van der Waals surface area contributed by atoms with Crippen molar-refractivity contribution in [1.29, 1.82) is 0 Å². The van der Waals surface area contributed by atoms with Gasteiger partial charge in [0.1, 0.15) is 0 Å². The molecule has 0 atom stereocenters. The lowest BCUT2D eigenvalue weighted by Gasteiger charge is -2.27. The van der Waals surface area contributed by atoms with E-state index in [1.165, 1.54) is 60.1 Å². The van der Waals surface area contributed by atoms with Crippen LogP contribution in [0.2, 0.25) is 0 Å². The van der Waals surface area contributed by atoms with E-state index in [0.717, 1.165) is 29.9 Å². The molecule has 0 spiro atoms. The number of rotatable bonds is 5. The zero-order valence-electron chi connectivity index (χ0n) is 27.4. The fourth-order valence-electron chi connectivity index (χ4n) is 7.20. The van der Waals surface area contributed by atoms with Gasteiger partial charge in [-0.25, -0.2) is 0 Å². The zero-order chi connectivity index (χ0) is 32.0. The number of hydrogen-bond acceptors (Lipinski definition) is 1. The lowest BCUT2D eigenvalue weighted by atomic mass is 9.86. The maximum atomic E-state index is 2.42. The summed E-state index contributed by atoms with van der Waals surface area (Å²) in [5, 5.41) is 7.81. The number of benzene rings is 7. The molecule has 0 aliphatic heterocycles. The number of allylic oxidation sites excluding steroid dienone is 4. The Kier molecular flexibility index (Phi) is 7.26. The molecule has 0 N–H and O–H groups in total. The Labute approximate surface area is 278 Å². The number of anilines is 3. The van der Waals surface area contributed by atoms with Gasteiger partial charge in [-0.05, 0) is 127 Å². The second kappa shape index (κ2) is 11.8. The summed E-state index contributed by atoms with van der Waals surface area (Å²) in [6, 6.07) is 51.4. The molecule has 0 saturated heterocycles. The minimum atomic E-state index is 0.109. The van der Waals surface area contributed by atoms with Gasteiger partial charge < -0.3 is 4.90 Å². The first-order valence-corrected chi connectivity index (χ1v) is 16.8. The molecule has 1 heteroatoms. The van der Waals surface area contributed by atoms with Crippen LogP contribution in [0.3, 0.4) is 0 Å². The van der Waals surface area contributed by atoms with Gasteiger partial charge in [-0.3, -0.25) is 0 Å². The van der Waals surface area contributed by atoms with Crippen molar-refractivity contribution < 1.29 is 0 Å². The molecule has 0 heterocycles. The molecule has 0 radical (unpaired) electrons. The second-order valence-electron chi connectivity index (χ2n) is 13.7. The van der Waals surface area contributed by atoms with Crippen LogP contribution in [-0.4, -0.2) is 0 Å². The summed E-state index contributed by atoms with van der Waals surface area (Å²) in [6.45, 7) is 6.79. The van der Waals surface area contributed by atoms with E-state index < -0.39 is 0 Å². The van der Waals surface area contributed by atoms with E-state index in [2.05, 4.69) is 183 Å². The molecule has 0 fully saturated rings. The van der Waals surface area contributed by atoms with Crippen LogP contribution in [0.4, 0.5) is 17.1 Å². The van der Waals surface area contributed by atoms with Crippen LogP contribution in [0.5, 0.6) is 0 Å². The highest BCUT2D eigenvalue weighted by molar-refractivity contribution is 6.25. The third-order valence-corrected chi connectivity index (χ3v) is 9.61. The van der Waals surface area contributed by atoms with Gasteiger partial charge in [0.05, 0.1) is 0 Å². The van der Waals surface area contributed by atoms with Crippen molar-refractivity contribution >= 4 is 55.0 Å². The Balaban J connectivity index is 1.28. The van der Waals surface area contributed by atoms with E-state index in [4.69, 9.17) is 0 Å². The molecule has 1 nitrogen and oxygen atoms in total. The van der Waals surface area contributed by atoms with Gasteiger partial charge in [-0.1, -0.05) is 130 Å². The number of nitrogens with zero attached hydrogens (tertiary/aromatic N) is 1. The molecular formula is C46H39N. The van der Waals surface area contributed by atoms with Crippen molar-refractivity contribution in [2.75, 3.05) is 4.90 Å².